The molecule has 1 atom stereocenters. The van der Waals surface area contributed by atoms with Crippen LogP contribution < -0.4 is 0 Å². The van der Waals surface area contributed by atoms with Gasteiger partial charge in [0.15, 0.2) is 0 Å². The highest BCUT2D eigenvalue weighted by molar-refractivity contribution is 6.30. The Morgan fingerprint density at radius 2 is 2.07 bits per heavy atom. The van der Waals surface area contributed by atoms with Crippen LogP contribution in [0.15, 0.2) is 36.4 Å². The Bertz CT molecular complexity index is 866. The Labute approximate surface area is 164 Å². The van der Waals surface area contributed by atoms with Crippen molar-refractivity contribution in [3.05, 3.63) is 52.7 Å². The maximum Gasteiger partial charge on any atom is 0.337 e. The summed E-state index contributed by atoms with van der Waals surface area (Å²) in [6.07, 6.45) is 2.26. The van der Waals surface area contributed by atoms with E-state index in [1.54, 1.807) is 36.4 Å². The van der Waals surface area contributed by atoms with Crippen molar-refractivity contribution >= 4 is 23.5 Å². The molecular formula is C21H23ClN2O3. The van der Waals surface area contributed by atoms with Gasteiger partial charge in [0, 0.05) is 23.6 Å². The number of amides is 1. The number of nitrogens with zero attached hydrogens (tertiary/aromatic N) is 2. The molecule has 27 heavy (non-hydrogen) atoms. The molecule has 0 radical (unpaired) electrons. The Kier molecular flexibility index (Phi) is 5.80. The third kappa shape index (κ3) is 4.30. The number of carboxylic acid groups (broad SMARTS) is 1. The molecule has 1 fully saturated rings. The lowest BCUT2D eigenvalue weighted by Crippen LogP contribution is -2.31. The number of aromatic carboxylic acids is 1. The Morgan fingerprint density at radius 3 is 2.74 bits per heavy atom. The van der Waals surface area contributed by atoms with Gasteiger partial charge in [0.25, 0.3) is 0 Å². The second kappa shape index (κ2) is 8.09. The number of hydrogen-bond acceptors (Lipinski definition) is 3. The van der Waals surface area contributed by atoms with Crippen molar-refractivity contribution in [3.8, 4) is 11.3 Å². The van der Waals surface area contributed by atoms with Crippen molar-refractivity contribution in [1.82, 2.24) is 9.88 Å². The molecule has 6 heteroatoms. The molecule has 2 aromatic rings. The summed E-state index contributed by atoms with van der Waals surface area (Å²) in [6.45, 7) is 4.77. The van der Waals surface area contributed by atoms with Gasteiger partial charge in [-0.3, -0.25) is 4.79 Å². The zero-order chi connectivity index (χ0) is 19.6. The Hall–Kier alpha value is -2.40. The fourth-order valence-corrected chi connectivity index (χ4v) is 3.72. The fraction of sp³-hybridized carbons (Fsp3) is 0.381. The number of aromatic nitrogens is 1. The second-order valence-electron chi connectivity index (χ2n) is 7.29. The minimum atomic E-state index is -1.04. The van der Waals surface area contributed by atoms with Gasteiger partial charge in [-0.05, 0) is 43.0 Å². The van der Waals surface area contributed by atoms with Crippen LogP contribution in [0.2, 0.25) is 5.02 Å². The normalized spacial score (nSPS) is 16.7. The number of likely N-dealkylation sites (tertiary alicyclic amines) is 1. The molecular weight excluding hydrogens is 364 g/mol. The summed E-state index contributed by atoms with van der Waals surface area (Å²) in [5, 5.41) is 10.1. The van der Waals surface area contributed by atoms with E-state index < -0.39 is 5.97 Å². The molecule has 3 rings (SSSR count). The number of carbonyl (C=O) groups excluding carboxylic acids is 1. The van der Waals surface area contributed by atoms with E-state index in [-0.39, 0.29) is 17.5 Å². The lowest BCUT2D eigenvalue weighted by Gasteiger charge is -2.25. The lowest BCUT2D eigenvalue weighted by molar-refractivity contribution is -0.133. The van der Waals surface area contributed by atoms with Crippen LogP contribution in [0, 0.1) is 5.92 Å². The van der Waals surface area contributed by atoms with Gasteiger partial charge in [-0.25, -0.2) is 9.78 Å². The molecule has 0 aliphatic carbocycles. The number of carboxylic acids is 1. The van der Waals surface area contributed by atoms with Crippen LogP contribution >= 0.6 is 11.6 Å². The number of benzene rings is 1. The number of hydrogen-bond donors (Lipinski definition) is 1. The average molecular weight is 387 g/mol. The summed E-state index contributed by atoms with van der Waals surface area (Å²) in [6, 6.07) is 10.2. The topological polar surface area (TPSA) is 70.5 Å². The van der Waals surface area contributed by atoms with E-state index in [0.717, 1.165) is 18.5 Å². The van der Waals surface area contributed by atoms with E-state index in [2.05, 4.69) is 4.98 Å². The van der Waals surface area contributed by atoms with Crippen LogP contribution in [0.25, 0.3) is 11.3 Å². The zero-order valence-corrected chi connectivity index (χ0v) is 16.2. The molecule has 0 saturated carbocycles. The van der Waals surface area contributed by atoms with Gasteiger partial charge in [-0.2, -0.15) is 0 Å². The Morgan fingerprint density at radius 1 is 1.30 bits per heavy atom. The van der Waals surface area contributed by atoms with Crippen molar-refractivity contribution in [3.63, 3.8) is 0 Å². The maximum atomic E-state index is 12.6. The highest BCUT2D eigenvalue weighted by Crippen LogP contribution is 2.34. The first kappa shape index (κ1) is 19.4. The molecule has 0 bridgehead atoms. The van der Waals surface area contributed by atoms with Crippen LogP contribution in [-0.2, 0) is 4.79 Å². The summed E-state index contributed by atoms with van der Waals surface area (Å²) < 4.78 is 0. The van der Waals surface area contributed by atoms with E-state index in [1.807, 2.05) is 18.7 Å². The molecule has 0 spiro atoms. The minimum Gasteiger partial charge on any atom is -0.478 e. The Balaban J connectivity index is 2.00. The smallest absolute Gasteiger partial charge is 0.337 e. The molecule has 1 amide bonds. The number of rotatable bonds is 5. The van der Waals surface area contributed by atoms with Crippen molar-refractivity contribution in [2.24, 2.45) is 5.92 Å². The van der Waals surface area contributed by atoms with Crippen molar-refractivity contribution < 1.29 is 14.7 Å². The molecule has 5 nitrogen and oxygen atoms in total. The third-order valence-corrected chi connectivity index (χ3v) is 4.98. The predicted molar refractivity (Wildman–Crippen MR) is 105 cm³/mol. The summed E-state index contributed by atoms with van der Waals surface area (Å²) >= 11 is 6.08. The van der Waals surface area contributed by atoms with Gasteiger partial charge in [-0.15, -0.1) is 0 Å². The summed E-state index contributed by atoms with van der Waals surface area (Å²) in [4.78, 5) is 30.8. The minimum absolute atomic E-state index is 0.114. The van der Waals surface area contributed by atoms with Crippen molar-refractivity contribution in [1.29, 1.82) is 0 Å². The first-order valence-electron chi connectivity index (χ1n) is 9.16. The molecule has 1 aromatic carbocycles. The molecule has 1 aliphatic rings. The van der Waals surface area contributed by atoms with Crippen LogP contribution in [0.5, 0.6) is 0 Å². The third-order valence-electron chi connectivity index (χ3n) is 4.74. The molecule has 1 aromatic heterocycles. The molecule has 2 heterocycles. The number of pyridine rings is 1. The highest BCUT2D eigenvalue weighted by Gasteiger charge is 2.31. The summed E-state index contributed by atoms with van der Waals surface area (Å²) in [5.41, 5.74) is 1.88. The standard InChI is InChI=1S/C21H23ClN2O3/c1-13(2)11-19(25)24-10-4-7-18(24)17-9-8-16(21(26)27)20(23-17)14-5-3-6-15(22)12-14/h3,5-6,8-9,12-13,18H,4,7,10-11H2,1-2H3,(H,26,27)/t18-/m0/s1. The summed E-state index contributed by atoms with van der Waals surface area (Å²) in [7, 11) is 0. The van der Waals surface area contributed by atoms with Gasteiger partial charge >= 0.3 is 5.97 Å². The van der Waals surface area contributed by atoms with Gasteiger partial charge < -0.3 is 10.0 Å². The van der Waals surface area contributed by atoms with E-state index in [0.29, 0.717) is 35.2 Å². The first-order valence-corrected chi connectivity index (χ1v) is 9.54. The van der Waals surface area contributed by atoms with E-state index in [9.17, 15) is 14.7 Å². The van der Waals surface area contributed by atoms with Gasteiger partial charge in [-0.1, -0.05) is 37.6 Å². The quantitative estimate of drug-likeness (QED) is 0.800. The molecule has 1 aliphatic heterocycles. The van der Waals surface area contributed by atoms with Crippen LogP contribution in [0.3, 0.4) is 0 Å². The first-order chi connectivity index (χ1) is 12.9. The zero-order valence-electron chi connectivity index (χ0n) is 15.5. The predicted octanol–water partition coefficient (Wildman–Crippen LogP) is 4.81. The highest BCUT2D eigenvalue weighted by atomic mass is 35.5. The molecule has 142 valence electrons. The van der Waals surface area contributed by atoms with Crippen LogP contribution in [0.1, 0.15) is 55.2 Å². The second-order valence-corrected chi connectivity index (χ2v) is 7.73. The maximum absolute atomic E-state index is 12.6. The SMILES string of the molecule is CC(C)CC(=O)N1CCC[C@H]1c1ccc(C(=O)O)c(-c2cccc(Cl)c2)n1. The van der Waals surface area contributed by atoms with Crippen LogP contribution in [0.4, 0.5) is 0 Å². The van der Waals surface area contributed by atoms with Gasteiger partial charge in [0.1, 0.15) is 0 Å². The largest absolute Gasteiger partial charge is 0.478 e. The number of halogens is 1. The van der Waals surface area contributed by atoms with Crippen molar-refractivity contribution in [2.45, 2.75) is 39.2 Å². The van der Waals surface area contributed by atoms with E-state index in [1.165, 1.54) is 0 Å². The number of carbonyl (C=O) groups is 2. The van der Waals surface area contributed by atoms with E-state index >= 15 is 0 Å². The fourth-order valence-electron chi connectivity index (χ4n) is 3.53. The van der Waals surface area contributed by atoms with E-state index in [4.69, 9.17) is 11.6 Å². The molecule has 0 unspecified atom stereocenters. The van der Waals surface area contributed by atoms with Crippen molar-refractivity contribution in [2.75, 3.05) is 6.54 Å². The molecule has 1 saturated heterocycles. The lowest BCUT2D eigenvalue weighted by atomic mass is 10.0. The summed E-state index contributed by atoms with van der Waals surface area (Å²) in [5.74, 6) is -0.618. The average Bonchev–Trinajstić information content (AvgIpc) is 3.10. The monoisotopic (exact) mass is 386 g/mol. The van der Waals surface area contributed by atoms with Crippen LogP contribution in [-0.4, -0.2) is 33.4 Å². The van der Waals surface area contributed by atoms with Gasteiger partial charge in [0.2, 0.25) is 5.91 Å². The van der Waals surface area contributed by atoms with Gasteiger partial charge in [0.05, 0.1) is 23.0 Å². The molecule has 1 N–H and O–H groups in total.